The molecule has 3 heteroatoms. The summed E-state index contributed by atoms with van der Waals surface area (Å²) >= 11 is 0. The SMILES string of the molecule is [2H]C([2H])(CCCO)C([2H])([2H])CCCCCCOCOC. The van der Waals surface area contributed by atoms with Gasteiger partial charge < -0.3 is 14.6 Å². The fourth-order valence-corrected chi connectivity index (χ4v) is 1.26. The van der Waals surface area contributed by atoms with Crippen molar-refractivity contribution in [3.8, 4) is 0 Å². The van der Waals surface area contributed by atoms with E-state index < -0.39 is 12.7 Å². The summed E-state index contributed by atoms with van der Waals surface area (Å²) in [6, 6.07) is 0. The van der Waals surface area contributed by atoms with Gasteiger partial charge in [0.25, 0.3) is 0 Å². The molecule has 16 heavy (non-hydrogen) atoms. The third kappa shape index (κ3) is 13.9. The lowest BCUT2D eigenvalue weighted by Gasteiger charge is -2.03. The van der Waals surface area contributed by atoms with Gasteiger partial charge in [0.15, 0.2) is 0 Å². The molecule has 0 aliphatic rings. The summed E-state index contributed by atoms with van der Waals surface area (Å²) < 4.78 is 41.1. The first-order valence-electron chi connectivity index (χ1n) is 8.05. The molecule has 0 aromatic heterocycles. The highest BCUT2D eigenvalue weighted by Gasteiger charge is 1.92. The number of aliphatic hydroxyl groups excluding tert-OH is 1. The topological polar surface area (TPSA) is 38.7 Å². The minimum absolute atomic E-state index is 0.0569. The lowest BCUT2D eigenvalue weighted by molar-refractivity contribution is -0.0315. The summed E-state index contributed by atoms with van der Waals surface area (Å²) in [4.78, 5) is 0. The zero-order chi connectivity index (χ0) is 15.5. The van der Waals surface area contributed by atoms with Crippen LogP contribution in [-0.2, 0) is 9.47 Å². The van der Waals surface area contributed by atoms with Crippen LogP contribution < -0.4 is 0 Å². The second-order valence-corrected chi connectivity index (χ2v) is 3.66. The van der Waals surface area contributed by atoms with E-state index in [0.717, 1.165) is 19.3 Å². The predicted octanol–water partition coefficient (Wildman–Crippen LogP) is 3.11. The van der Waals surface area contributed by atoms with Crippen LogP contribution in [0.2, 0.25) is 0 Å². The first kappa shape index (κ1) is 9.86. The highest BCUT2D eigenvalue weighted by Crippen LogP contribution is 2.09. The Kier molecular flexibility index (Phi) is 9.17. The van der Waals surface area contributed by atoms with Gasteiger partial charge in [-0.1, -0.05) is 44.8 Å². The van der Waals surface area contributed by atoms with Crippen molar-refractivity contribution >= 4 is 0 Å². The second kappa shape index (κ2) is 14.9. The van der Waals surface area contributed by atoms with Crippen molar-refractivity contribution < 1.29 is 20.1 Å². The molecule has 0 saturated heterocycles. The molecule has 0 heterocycles. The van der Waals surface area contributed by atoms with Crippen molar-refractivity contribution in [2.75, 3.05) is 27.1 Å². The van der Waals surface area contributed by atoms with Gasteiger partial charge in [0.05, 0.1) is 0 Å². The Morgan fingerprint density at radius 3 is 2.25 bits per heavy atom. The van der Waals surface area contributed by atoms with E-state index in [1.165, 1.54) is 0 Å². The van der Waals surface area contributed by atoms with E-state index >= 15 is 0 Å². The molecule has 1 N–H and O–H groups in total. The number of aliphatic hydroxyl groups is 1. The minimum Gasteiger partial charge on any atom is -0.396 e. The molecule has 3 nitrogen and oxygen atoms in total. The van der Waals surface area contributed by atoms with Gasteiger partial charge in [-0.25, -0.2) is 0 Å². The maximum atomic E-state index is 8.72. The number of hydrogen-bond acceptors (Lipinski definition) is 3. The zero-order valence-corrected chi connectivity index (χ0v) is 10.3. The van der Waals surface area contributed by atoms with E-state index in [9.17, 15) is 0 Å². The first-order chi connectivity index (χ1) is 9.37. The smallest absolute Gasteiger partial charge is 0.146 e. The van der Waals surface area contributed by atoms with Crippen molar-refractivity contribution in [2.45, 2.75) is 57.7 Å². The molecule has 98 valence electrons. The summed E-state index contributed by atoms with van der Waals surface area (Å²) in [7, 11) is 1.58. The minimum atomic E-state index is -1.88. The summed E-state index contributed by atoms with van der Waals surface area (Å²) in [5.41, 5.74) is 0. The molecule has 0 saturated carbocycles. The molecule has 0 rings (SSSR count). The molecule has 0 amide bonds. The van der Waals surface area contributed by atoms with Gasteiger partial charge in [-0.15, -0.1) is 0 Å². The molecule has 0 aliphatic heterocycles. The van der Waals surface area contributed by atoms with Gasteiger partial charge in [0.1, 0.15) is 6.79 Å². The van der Waals surface area contributed by atoms with E-state index in [1.54, 1.807) is 7.11 Å². The maximum absolute atomic E-state index is 8.72. The number of ether oxygens (including phenoxy) is 2. The van der Waals surface area contributed by atoms with E-state index in [2.05, 4.69) is 0 Å². The van der Waals surface area contributed by atoms with Gasteiger partial charge in [0, 0.05) is 25.8 Å². The van der Waals surface area contributed by atoms with Crippen molar-refractivity contribution in [2.24, 2.45) is 0 Å². The molecule has 0 aromatic carbocycles. The largest absolute Gasteiger partial charge is 0.396 e. The van der Waals surface area contributed by atoms with Gasteiger partial charge >= 0.3 is 0 Å². The molecular formula is C13H28O3. The van der Waals surface area contributed by atoms with Crippen LogP contribution in [0.1, 0.15) is 63.2 Å². The molecule has 0 aromatic rings. The Labute approximate surface area is 106 Å². The number of hydrogen-bond donors (Lipinski definition) is 1. The third-order valence-corrected chi connectivity index (χ3v) is 2.13. The fraction of sp³-hybridized carbons (Fsp3) is 1.00. The van der Waals surface area contributed by atoms with Crippen LogP contribution in [0.3, 0.4) is 0 Å². The molecular weight excluding hydrogens is 204 g/mol. The Morgan fingerprint density at radius 2 is 1.56 bits per heavy atom. The Morgan fingerprint density at radius 1 is 0.938 bits per heavy atom. The molecule has 0 radical (unpaired) electrons. The quantitative estimate of drug-likeness (QED) is 0.394. The maximum Gasteiger partial charge on any atom is 0.146 e. The monoisotopic (exact) mass is 236 g/mol. The molecule has 0 spiro atoms. The third-order valence-electron chi connectivity index (χ3n) is 2.13. The molecule has 0 unspecified atom stereocenters. The summed E-state index contributed by atoms with van der Waals surface area (Å²) in [5, 5.41) is 8.72. The van der Waals surface area contributed by atoms with E-state index in [1.807, 2.05) is 0 Å². The number of rotatable bonds is 13. The first-order valence-corrected chi connectivity index (χ1v) is 6.05. The lowest BCUT2D eigenvalue weighted by Crippen LogP contribution is -1.98. The van der Waals surface area contributed by atoms with E-state index in [0.29, 0.717) is 26.2 Å². The average Bonchev–Trinajstić information content (AvgIpc) is 2.39. The van der Waals surface area contributed by atoms with Crippen molar-refractivity contribution in [3.63, 3.8) is 0 Å². The number of methoxy groups -OCH3 is 1. The fourth-order valence-electron chi connectivity index (χ4n) is 1.26. The highest BCUT2D eigenvalue weighted by atomic mass is 16.7. The lowest BCUT2D eigenvalue weighted by atomic mass is 10.1. The van der Waals surface area contributed by atoms with Crippen LogP contribution in [0.4, 0.5) is 0 Å². The Hall–Kier alpha value is -0.120. The highest BCUT2D eigenvalue weighted by molar-refractivity contribution is 4.47. The number of unbranched alkanes of at least 4 members (excludes halogenated alkanes) is 3. The van der Waals surface area contributed by atoms with Crippen molar-refractivity contribution in [3.05, 3.63) is 0 Å². The Balaban J connectivity index is 3.75. The second-order valence-electron chi connectivity index (χ2n) is 3.66. The summed E-state index contributed by atoms with van der Waals surface area (Å²) in [6.07, 6.45) is 0.228. The van der Waals surface area contributed by atoms with Gasteiger partial charge in [0.2, 0.25) is 0 Å². The molecule has 0 aliphatic carbocycles. The normalized spacial score (nSPS) is 16.4. The Bertz CT molecular complexity index is 238. The van der Waals surface area contributed by atoms with Crippen LogP contribution >= 0.6 is 0 Å². The average molecular weight is 236 g/mol. The predicted molar refractivity (Wildman–Crippen MR) is 66.5 cm³/mol. The van der Waals surface area contributed by atoms with Crippen LogP contribution in [-0.4, -0.2) is 32.2 Å². The van der Waals surface area contributed by atoms with Gasteiger partial charge in [-0.3, -0.25) is 0 Å². The van der Waals surface area contributed by atoms with E-state index in [4.69, 9.17) is 20.1 Å². The summed E-state index contributed by atoms with van der Waals surface area (Å²) in [6.45, 7) is 0.836. The summed E-state index contributed by atoms with van der Waals surface area (Å²) in [5.74, 6) is 0. The van der Waals surface area contributed by atoms with Crippen LogP contribution in [0.15, 0.2) is 0 Å². The van der Waals surface area contributed by atoms with Crippen molar-refractivity contribution in [1.29, 1.82) is 0 Å². The van der Waals surface area contributed by atoms with Crippen LogP contribution in [0.5, 0.6) is 0 Å². The zero-order valence-electron chi connectivity index (χ0n) is 14.3. The van der Waals surface area contributed by atoms with Crippen molar-refractivity contribution in [1.82, 2.24) is 0 Å². The van der Waals surface area contributed by atoms with Gasteiger partial charge in [-0.05, 0) is 12.8 Å². The van der Waals surface area contributed by atoms with Crippen LogP contribution in [0.25, 0.3) is 0 Å². The van der Waals surface area contributed by atoms with Gasteiger partial charge in [-0.2, -0.15) is 0 Å². The molecule has 0 bridgehead atoms. The van der Waals surface area contributed by atoms with Crippen LogP contribution in [0, 0.1) is 0 Å². The molecule has 0 fully saturated rings. The standard InChI is InChI=1S/C13H28O3/c1-15-13-16-12-10-8-6-4-2-3-5-7-9-11-14/h14H,2-13H2,1H3/i3D2,5D2. The molecule has 0 atom stereocenters. The van der Waals surface area contributed by atoms with E-state index in [-0.39, 0.29) is 19.4 Å².